The fourth-order valence-corrected chi connectivity index (χ4v) is 1.14. The highest BCUT2D eigenvalue weighted by Crippen LogP contribution is 2.13. The van der Waals surface area contributed by atoms with Crippen molar-refractivity contribution in [3.63, 3.8) is 0 Å². The Balaban J connectivity index is 2.23. The van der Waals surface area contributed by atoms with E-state index in [1.807, 2.05) is 35.2 Å². The SMILES string of the molecule is O=C1CN(c2ccccc2)C=N1. The Morgan fingerprint density at radius 3 is 2.58 bits per heavy atom. The van der Waals surface area contributed by atoms with E-state index in [1.54, 1.807) is 6.34 Å². The highest BCUT2D eigenvalue weighted by atomic mass is 16.1. The number of carbonyl (C=O) groups excluding carboxylic acids is 1. The number of para-hydroxylation sites is 1. The Kier molecular flexibility index (Phi) is 1.63. The molecule has 0 aromatic heterocycles. The molecule has 3 heteroatoms. The van der Waals surface area contributed by atoms with Crippen molar-refractivity contribution >= 4 is 17.9 Å². The van der Waals surface area contributed by atoms with Gasteiger partial charge < -0.3 is 4.90 Å². The third-order valence-corrected chi connectivity index (χ3v) is 1.73. The largest absolute Gasteiger partial charge is 0.323 e. The smallest absolute Gasteiger partial charge is 0.267 e. The van der Waals surface area contributed by atoms with Crippen molar-refractivity contribution in [3.05, 3.63) is 30.3 Å². The fraction of sp³-hybridized carbons (Fsp3) is 0.111. The van der Waals surface area contributed by atoms with Gasteiger partial charge in [0.15, 0.2) is 0 Å². The third-order valence-electron chi connectivity index (χ3n) is 1.73. The second kappa shape index (κ2) is 2.77. The van der Waals surface area contributed by atoms with Gasteiger partial charge in [0.2, 0.25) is 0 Å². The van der Waals surface area contributed by atoms with Gasteiger partial charge in [-0.2, -0.15) is 0 Å². The van der Waals surface area contributed by atoms with Crippen LogP contribution in [0.1, 0.15) is 0 Å². The normalized spacial score (nSPS) is 15.7. The zero-order valence-corrected chi connectivity index (χ0v) is 6.47. The van der Waals surface area contributed by atoms with Crippen LogP contribution in [0.25, 0.3) is 0 Å². The molecule has 2 rings (SSSR count). The minimum Gasteiger partial charge on any atom is -0.323 e. The maximum atomic E-state index is 10.8. The maximum Gasteiger partial charge on any atom is 0.267 e. The molecule has 12 heavy (non-hydrogen) atoms. The van der Waals surface area contributed by atoms with Gasteiger partial charge in [0.1, 0.15) is 6.54 Å². The standard InChI is InChI=1S/C9H8N2O/c12-9-6-11(7-10-9)8-4-2-1-3-5-8/h1-5,7H,6H2. The van der Waals surface area contributed by atoms with E-state index in [2.05, 4.69) is 4.99 Å². The zero-order valence-electron chi connectivity index (χ0n) is 6.47. The Bertz CT molecular complexity index is 319. The van der Waals surface area contributed by atoms with E-state index in [4.69, 9.17) is 0 Å². The number of aliphatic imine (C=N–C) groups is 1. The molecule has 60 valence electrons. The van der Waals surface area contributed by atoms with Gasteiger partial charge in [-0.3, -0.25) is 4.79 Å². The fourth-order valence-electron chi connectivity index (χ4n) is 1.14. The van der Waals surface area contributed by atoms with Crippen LogP contribution in [0, 0.1) is 0 Å². The second-order valence-corrected chi connectivity index (χ2v) is 2.60. The van der Waals surface area contributed by atoms with E-state index < -0.39 is 0 Å². The summed E-state index contributed by atoms with van der Waals surface area (Å²) in [6, 6.07) is 9.71. The number of nitrogens with zero attached hydrogens (tertiary/aromatic N) is 2. The van der Waals surface area contributed by atoms with Gasteiger partial charge in [-0.1, -0.05) is 18.2 Å². The molecule has 0 bridgehead atoms. The first-order valence-corrected chi connectivity index (χ1v) is 3.75. The molecule has 0 unspecified atom stereocenters. The maximum absolute atomic E-state index is 10.8. The summed E-state index contributed by atoms with van der Waals surface area (Å²) in [5.41, 5.74) is 1.01. The first-order chi connectivity index (χ1) is 5.86. The minimum absolute atomic E-state index is 0.0844. The number of anilines is 1. The first-order valence-electron chi connectivity index (χ1n) is 3.75. The van der Waals surface area contributed by atoms with Crippen LogP contribution in [-0.2, 0) is 4.79 Å². The lowest BCUT2D eigenvalue weighted by molar-refractivity contribution is -0.115. The molecule has 0 atom stereocenters. The molecule has 1 aliphatic heterocycles. The van der Waals surface area contributed by atoms with Crippen molar-refractivity contribution in [1.29, 1.82) is 0 Å². The summed E-state index contributed by atoms with van der Waals surface area (Å²) >= 11 is 0. The third kappa shape index (κ3) is 1.21. The lowest BCUT2D eigenvalue weighted by Crippen LogP contribution is -2.19. The molecular weight excluding hydrogens is 152 g/mol. The number of benzene rings is 1. The van der Waals surface area contributed by atoms with Gasteiger partial charge in [0.05, 0.1) is 6.34 Å². The van der Waals surface area contributed by atoms with E-state index in [0.717, 1.165) is 5.69 Å². The summed E-state index contributed by atoms with van der Waals surface area (Å²) in [6.07, 6.45) is 1.57. The van der Waals surface area contributed by atoms with Crippen LogP contribution in [0.4, 0.5) is 5.69 Å². The first kappa shape index (κ1) is 7.03. The Hall–Kier alpha value is -1.64. The highest BCUT2D eigenvalue weighted by molar-refractivity contribution is 6.01. The van der Waals surface area contributed by atoms with Crippen LogP contribution in [0.5, 0.6) is 0 Å². The van der Waals surface area contributed by atoms with Gasteiger partial charge >= 0.3 is 0 Å². The Labute approximate surface area is 70.3 Å². The average molecular weight is 160 g/mol. The van der Waals surface area contributed by atoms with Crippen molar-refractivity contribution in [3.8, 4) is 0 Å². The average Bonchev–Trinajstić information content (AvgIpc) is 2.54. The number of hydrogen-bond acceptors (Lipinski definition) is 2. The van der Waals surface area contributed by atoms with E-state index in [0.29, 0.717) is 6.54 Å². The topological polar surface area (TPSA) is 32.7 Å². The van der Waals surface area contributed by atoms with Gasteiger partial charge in [-0.05, 0) is 12.1 Å². The van der Waals surface area contributed by atoms with Crippen LogP contribution in [-0.4, -0.2) is 18.8 Å². The van der Waals surface area contributed by atoms with Crippen molar-refractivity contribution in [2.24, 2.45) is 4.99 Å². The predicted octanol–water partition coefficient (Wildman–Crippen LogP) is 1.06. The molecule has 1 aliphatic rings. The molecule has 1 aromatic rings. The summed E-state index contributed by atoms with van der Waals surface area (Å²) in [5.74, 6) is -0.0844. The molecule has 0 saturated carbocycles. The number of amides is 1. The molecule has 3 nitrogen and oxygen atoms in total. The number of rotatable bonds is 1. The molecule has 0 aliphatic carbocycles. The molecule has 0 radical (unpaired) electrons. The molecule has 1 amide bonds. The van der Waals surface area contributed by atoms with Crippen LogP contribution < -0.4 is 4.90 Å². The number of hydrogen-bond donors (Lipinski definition) is 0. The minimum atomic E-state index is -0.0844. The van der Waals surface area contributed by atoms with Gasteiger partial charge in [0, 0.05) is 5.69 Å². The van der Waals surface area contributed by atoms with Crippen LogP contribution in [0.3, 0.4) is 0 Å². The van der Waals surface area contributed by atoms with Crippen molar-refractivity contribution in [2.45, 2.75) is 0 Å². The van der Waals surface area contributed by atoms with Crippen LogP contribution in [0.15, 0.2) is 35.3 Å². The van der Waals surface area contributed by atoms with Crippen molar-refractivity contribution in [2.75, 3.05) is 11.4 Å². The van der Waals surface area contributed by atoms with Gasteiger partial charge in [-0.15, -0.1) is 0 Å². The second-order valence-electron chi connectivity index (χ2n) is 2.60. The van der Waals surface area contributed by atoms with E-state index in [9.17, 15) is 4.79 Å². The van der Waals surface area contributed by atoms with E-state index in [1.165, 1.54) is 0 Å². The summed E-state index contributed by atoms with van der Waals surface area (Å²) in [4.78, 5) is 16.3. The summed E-state index contributed by atoms with van der Waals surface area (Å²) in [7, 11) is 0. The van der Waals surface area contributed by atoms with Gasteiger partial charge in [-0.25, -0.2) is 4.99 Å². The lowest BCUT2D eigenvalue weighted by atomic mass is 10.3. The molecular formula is C9H8N2O. The molecule has 1 heterocycles. The van der Waals surface area contributed by atoms with E-state index >= 15 is 0 Å². The molecule has 0 spiro atoms. The number of carbonyl (C=O) groups is 1. The van der Waals surface area contributed by atoms with E-state index in [-0.39, 0.29) is 5.91 Å². The van der Waals surface area contributed by atoms with Crippen molar-refractivity contribution in [1.82, 2.24) is 0 Å². The monoisotopic (exact) mass is 160 g/mol. The quantitative estimate of drug-likeness (QED) is 0.615. The molecule has 0 fully saturated rings. The van der Waals surface area contributed by atoms with Gasteiger partial charge in [0.25, 0.3) is 5.91 Å². The molecule has 1 aromatic carbocycles. The predicted molar refractivity (Wildman–Crippen MR) is 47.3 cm³/mol. The van der Waals surface area contributed by atoms with Crippen LogP contribution in [0.2, 0.25) is 0 Å². The lowest BCUT2D eigenvalue weighted by Gasteiger charge is -2.11. The zero-order chi connectivity index (χ0) is 8.39. The molecule has 0 N–H and O–H groups in total. The summed E-state index contributed by atoms with van der Waals surface area (Å²) in [5, 5.41) is 0. The van der Waals surface area contributed by atoms with Crippen LogP contribution >= 0.6 is 0 Å². The Morgan fingerprint density at radius 2 is 2.00 bits per heavy atom. The summed E-state index contributed by atoms with van der Waals surface area (Å²) < 4.78 is 0. The molecule has 0 saturated heterocycles. The summed E-state index contributed by atoms with van der Waals surface area (Å²) in [6.45, 7) is 0.365. The highest BCUT2D eigenvalue weighted by Gasteiger charge is 2.13. The Morgan fingerprint density at radius 1 is 1.25 bits per heavy atom. The van der Waals surface area contributed by atoms with Crippen molar-refractivity contribution < 1.29 is 4.79 Å².